The number of hydrogen-bond donors (Lipinski definition) is 2. The van der Waals surface area contributed by atoms with Crippen molar-refractivity contribution >= 4 is 17.3 Å². The Labute approximate surface area is 128 Å². The number of aliphatic hydroxyl groups is 1. The Hall–Kier alpha value is -2.15. The highest BCUT2D eigenvalue weighted by Gasteiger charge is 2.17. The molecule has 2 N–H and O–H groups in total. The number of aliphatic hydroxyl groups excluding tert-OH is 1. The number of aromatic nitrogens is 2. The van der Waals surface area contributed by atoms with Crippen LogP contribution in [0.15, 0.2) is 22.7 Å². The first-order valence-electron chi connectivity index (χ1n) is 7.21. The van der Waals surface area contributed by atoms with E-state index < -0.39 is 17.8 Å². The molecular weight excluding hydrogens is 286 g/mol. The van der Waals surface area contributed by atoms with Crippen LogP contribution < -0.4 is 5.32 Å². The van der Waals surface area contributed by atoms with Crippen LogP contribution >= 0.6 is 0 Å². The number of fused-ring (bicyclic) bond motifs is 1. The number of alkyl carbamates (subject to hydrolysis) is 1. The van der Waals surface area contributed by atoms with Gasteiger partial charge in [0.25, 0.3) is 0 Å². The van der Waals surface area contributed by atoms with Crippen molar-refractivity contribution in [2.24, 2.45) is 0 Å². The molecule has 0 fully saturated rings. The second kappa shape index (κ2) is 6.74. The minimum Gasteiger partial charge on any atom is -0.444 e. The fourth-order valence-electron chi connectivity index (χ4n) is 1.85. The van der Waals surface area contributed by atoms with Crippen LogP contribution in [0.2, 0.25) is 0 Å². The van der Waals surface area contributed by atoms with Crippen molar-refractivity contribution in [3.05, 3.63) is 24.2 Å². The first-order valence-corrected chi connectivity index (χ1v) is 7.21. The van der Waals surface area contributed by atoms with Crippen LogP contribution in [0.4, 0.5) is 4.79 Å². The second-order valence-electron chi connectivity index (χ2n) is 5.96. The average molecular weight is 307 g/mol. The normalized spacial score (nSPS) is 13.1. The van der Waals surface area contributed by atoms with Gasteiger partial charge in [-0.15, -0.1) is 0 Å². The third kappa shape index (κ3) is 4.70. The van der Waals surface area contributed by atoms with Crippen LogP contribution in [0.1, 0.15) is 45.6 Å². The minimum absolute atomic E-state index is 0.242. The third-order valence-corrected chi connectivity index (χ3v) is 2.79. The Morgan fingerprint density at radius 3 is 2.95 bits per heavy atom. The second-order valence-corrected chi connectivity index (χ2v) is 5.96. The monoisotopic (exact) mass is 307 g/mol. The first-order chi connectivity index (χ1) is 10.3. The van der Waals surface area contributed by atoms with Crippen LogP contribution in [0.5, 0.6) is 0 Å². The summed E-state index contributed by atoms with van der Waals surface area (Å²) in [6.07, 6.45) is 1.32. The van der Waals surface area contributed by atoms with E-state index in [-0.39, 0.29) is 5.89 Å². The molecule has 2 heterocycles. The smallest absolute Gasteiger partial charge is 0.407 e. The van der Waals surface area contributed by atoms with E-state index in [2.05, 4.69) is 15.3 Å². The number of nitrogens with zero attached hydrogens (tertiary/aromatic N) is 2. The van der Waals surface area contributed by atoms with Crippen molar-refractivity contribution in [1.82, 2.24) is 15.3 Å². The van der Waals surface area contributed by atoms with Gasteiger partial charge in [0.2, 0.25) is 5.89 Å². The quantitative estimate of drug-likeness (QED) is 0.824. The highest BCUT2D eigenvalue weighted by atomic mass is 16.6. The molecule has 0 aliphatic carbocycles. The number of oxazole rings is 1. The van der Waals surface area contributed by atoms with E-state index >= 15 is 0 Å². The zero-order valence-electron chi connectivity index (χ0n) is 13.0. The molecule has 0 aliphatic heterocycles. The van der Waals surface area contributed by atoms with E-state index in [0.717, 1.165) is 0 Å². The SMILES string of the molecule is CC(C)(C)OC(=O)NCCCC(O)c1nc2ncccc2o1. The van der Waals surface area contributed by atoms with Crippen molar-refractivity contribution < 1.29 is 19.1 Å². The fraction of sp³-hybridized carbons (Fsp3) is 0.533. The third-order valence-electron chi connectivity index (χ3n) is 2.79. The van der Waals surface area contributed by atoms with E-state index in [0.29, 0.717) is 30.6 Å². The maximum absolute atomic E-state index is 11.5. The number of amides is 1. The number of nitrogens with one attached hydrogen (secondary N) is 1. The summed E-state index contributed by atoms with van der Waals surface area (Å²) in [5.41, 5.74) is 0.501. The van der Waals surface area contributed by atoms with Gasteiger partial charge >= 0.3 is 6.09 Å². The molecule has 2 aromatic rings. The molecule has 1 atom stereocenters. The zero-order valence-corrected chi connectivity index (χ0v) is 13.0. The molecular formula is C15H21N3O4. The summed E-state index contributed by atoms with van der Waals surface area (Å²) in [7, 11) is 0. The molecule has 2 aromatic heterocycles. The zero-order chi connectivity index (χ0) is 16.2. The molecule has 0 saturated carbocycles. The summed E-state index contributed by atoms with van der Waals surface area (Å²) >= 11 is 0. The van der Waals surface area contributed by atoms with Crippen LogP contribution in [0.25, 0.3) is 11.2 Å². The Morgan fingerprint density at radius 1 is 1.50 bits per heavy atom. The summed E-state index contributed by atoms with van der Waals surface area (Å²) in [4.78, 5) is 19.6. The van der Waals surface area contributed by atoms with Crippen molar-refractivity contribution in [2.45, 2.75) is 45.3 Å². The largest absolute Gasteiger partial charge is 0.444 e. The summed E-state index contributed by atoms with van der Waals surface area (Å²) < 4.78 is 10.6. The molecule has 2 rings (SSSR count). The summed E-state index contributed by atoms with van der Waals surface area (Å²) in [6, 6.07) is 3.49. The molecule has 7 heteroatoms. The number of rotatable bonds is 5. The highest BCUT2D eigenvalue weighted by molar-refractivity contribution is 5.67. The van der Waals surface area contributed by atoms with E-state index in [4.69, 9.17) is 9.15 Å². The maximum Gasteiger partial charge on any atom is 0.407 e. The first kappa shape index (κ1) is 16.2. The van der Waals surface area contributed by atoms with E-state index in [1.54, 1.807) is 39.1 Å². The predicted octanol–water partition coefficient (Wildman–Crippen LogP) is 2.56. The van der Waals surface area contributed by atoms with Gasteiger partial charge in [-0.3, -0.25) is 0 Å². The van der Waals surface area contributed by atoms with Gasteiger partial charge in [0, 0.05) is 12.7 Å². The number of carbonyl (C=O) groups is 1. The summed E-state index contributed by atoms with van der Waals surface area (Å²) in [5, 5.41) is 12.7. The standard InChI is InChI=1S/C15H21N3O4/c1-15(2,3)22-14(20)17-9-4-6-10(19)13-18-12-11(21-13)7-5-8-16-12/h5,7-8,10,19H,4,6,9H2,1-3H3,(H,17,20). The minimum atomic E-state index is -0.824. The topological polar surface area (TPSA) is 97.5 Å². The lowest BCUT2D eigenvalue weighted by atomic mass is 10.2. The lowest BCUT2D eigenvalue weighted by Crippen LogP contribution is -2.33. The molecule has 1 amide bonds. The Bertz CT molecular complexity index is 600. The molecule has 0 aromatic carbocycles. The Kier molecular flexibility index (Phi) is 4.97. The van der Waals surface area contributed by atoms with Gasteiger partial charge in [0.05, 0.1) is 0 Å². The van der Waals surface area contributed by atoms with Gasteiger partial charge in [-0.25, -0.2) is 9.78 Å². The predicted molar refractivity (Wildman–Crippen MR) is 80.2 cm³/mol. The fourth-order valence-corrected chi connectivity index (χ4v) is 1.85. The number of carbonyl (C=O) groups excluding carboxylic acids is 1. The molecule has 0 saturated heterocycles. The van der Waals surface area contributed by atoms with Crippen molar-refractivity contribution in [3.63, 3.8) is 0 Å². The average Bonchev–Trinajstić information content (AvgIpc) is 2.85. The van der Waals surface area contributed by atoms with Gasteiger partial charge < -0.3 is 19.6 Å². The van der Waals surface area contributed by atoms with Gasteiger partial charge in [-0.2, -0.15) is 4.98 Å². The van der Waals surface area contributed by atoms with Crippen LogP contribution in [-0.4, -0.2) is 33.3 Å². The molecule has 0 radical (unpaired) electrons. The Balaban J connectivity index is 1.76. The molecule has 22 heavy (non-hydrogen) atoms. The Morgan fingerprint density at radius 2 is 2.27 bits per heavy atom. The summed E-state index contributed by atoms with van der Waals surface area (Å²) in [6.45, 7) is 5.82. The van der Waals surface area contributed by atoms with Crippen molar-refractivity contribution in [3.8, 4) is 0 Å². The van der Waals surface area contributed by atoms with Crippen LogP contribution in [0, 0.1) is 0 Å². The molecule has 0 aliphatic rings. The number of hydrogen-bond acceptors (Lipinski definition) is 6. The maximum atomic E-state index is 11.5. The van der Waals surface area contributed by atoms with Crippen molar-refractivity contribution in [2.75, 3.05) is 6.54 Å². The van der Waals surface area contributed by atoms with Gasteiger partial charge in [-0.1, -0.05) is 0 Å². The lowest BCUT2D eigenvalue weighted by Gasteiger charge is -2.19. The lowest BCUT2D eigenvalue weighted by molar-refractivity contribution is 0.0522. The molecule has 1 unspecified atom stereocenters. The molecule has 0 bridgehead atoms. The molecule has 0 spiro atoms. The van der Waals surface area contributed by atoms with Gasteiger partial charge in [-0.05, 0) is 45.7 Å². The number of ether oxygens (including phenoxy) is 1. The van der Waals surface area contributed by atoms with Gasteiger partial charge in [0.1, 0.15) is 11.7 Å². The highest BCUT2D eigenvalue weighted by Crippen LogP contribution is 2.21. The molecule has 120 valence electrons. The van der Waals surface area contributed by atoms with Crippen molar-refractivity contribution in [1.29, 1.82) is 0 Å². The van der Waals surface area contributed by atoms with E-state index in [9.17, 15) is 9.90 Å². The number of pyridine rings is 1. The van der Waals surface area contributed by atoms with E-state index in [1.807, 2.05) is 0 Å². The summed E-state index contributed by atoms with van der Waals surface area (Å²) in [5.74, 6) is 0.242. The van der Waals surface area contributed by atoms with Crippen LogP contribution in [0.3, 0.4) is 0 Å². The van der Waals surface area contributed by atoms with Crippen LogP contribution in [-0.2, 0) is 4.74 Å². The molecule has 7 nitrogen and oxygen atoms in total. The van der Waals surface area contributed by atoms with Gasteiger partial charge in [0.15, 0.2) is 11.2 Å². The van der Waals surface area contributed by atoms with E-state index in [1.165, 1.54) is 0 Å².